The van der Waals surface area contributed by atoms with Crippen LogP contribution in [0.5, 0.6) is 0 Å². The zero-order chi connectivity index (χ0) is 15.4. The van der Waals surface area contributed by atoms with Gasteiger partial charge >= 0.3 is 0 Å². The van der Waals surface area contributed by atoms with Gasteiger partial charge in [-0.1, -0.05) is 31.3 Å². The largest absolute Gasteiger partial charge is 0.344 e. The van der Waals surface area contributed by atoms with Gasteiger partial charge in [0.2, 0.25) is 11.8 Å². The molecule has 126 valence electrons. The first-order valence-electron chi connectivity index (χ1n) is 7.88. The Kier molecular flexibility index (Phi) is 7.29. The number of carbonyl (C=O) groups is 1. The zero-order valence-electron chi connectivity index (χ0n) is 13.5. The lowest BCUT2D eigenvalue weighted by Gasteiger charge is -2.18. The molecule has 7 heteroatoms. The van der Waals surface area contributed by atoms with Crippen LogP contribution in [0.15, 0.2) is 4.52 Å². The first-order chi connectivity index (χ1) is 9.99. The lowest BCUT2D eigenvalue weighted by atomic mass is 9.89. The SMILES string of the molecule is CC(NC(=O)C(C)C(C)N)c1nc(C2CCCCC2)no1.Cl. The maximum Gasteiger partial charge on any atom is 0.248 e. The van der Waals surface area contributed by atoms with Crippen molar-refractivity contribution in [1.29, 1.82) is 0 Å². The second-order valence-electron chi connectivity index (χ2n) is 6.20. The summed E-state index contributed by atoms with van der Waals surface area (Å²) >= 11 is 0. The summed E-state index contributed by atoms with van der Waals surface area (Å²) in [5.74, 6) is 1.33. The molecule has 0 saturated heterocycles. The van der Waals surface area contributed by atoms with Crippen LogP contribution in [0.2, 0.25) is 0 Å². The predicted molar refractivity (Wildman–Crippen MR) is 86.7 cm³/mol. The van der Waals surface area contributed by atoms with E-state index in [4.69, 9.17) is 10.3 Å². The van der Waals surface area contributed by atoms with Gasteiger partial charge in [-0.2, -0.15) is 4.98 Å². The summed E-state index contributed by atoms with van der Waals surface area (Å²) in [6.07, 6.45) is 6.01. The van der Waals surface area contributed by atoms with Crippen molar-refractivity contribution in [1.82, 2.24) is 15.5 Å². The van der Waals surface area contributed by atoms with Gasteiger partial charge in [0.05, 0.1) is 0 Å². The molecule has 0 bridgehead atoms. The lowest BCUT2D eigenvalue weighted by Crippen LogP contribution is -2.39. The Morgan fingerprint density at radius 1 is 1.27 bits per heavy atom. The van der Waals surface area contributed by atoms with Gasteiger partial charge in [-0.15, -0.1) is 12.4 Å². The van der Waals surface area contributed by atoms with E-state index >= 15 is 0 Å². The fourth-order valence-corrected chi connectivity index (χ4v) is 2.60. The number of hydrogen-bond donors (Lipinski definition) is 2. The molecular formula is C15H27ClN4O2. The van der Waals surface area contributed by atoms with E-state index in [2.05, 4.69) is 15.5 Å². The molecule has 0 spiro atoms. The van der Waals surface area contributed by atoms with Crippen LogP contribution in [0.3, 0.4) is 0 Å². The van der Waals surface area contributed by atoms with E-state index in [1.54, 1.807) is 0 Å². The predicted octanol–water partition coefficient (Wildman–Crippen LogP) is 2.70. The molecule has 3 atom stereocenters. The minimum absolute atomic E-state index is 0. The van der Waals surface area contributed by atoms with Gasteiger partial charge < -0.3 is 15.6 Å². The monoisotopic (exact) mass is 330 g/mol. The van der Waals surface area contributed by atoms with Crippen molar-refractivity contribution in [2.24, 2.45) is 11.7 Å². The van der Waals surface area contributed by atoms with E-state index in [1.807, 2.05) is 20.8 Å². The van der Waals surface area contributed by atoms with Crippen LogP contribution in [0.4, 0.5) is 0 Å². The van der Waals surface area contributed by atoms with E-state index in [1.165, 1.54) is 19.3 Å². The van der Waals surface area contributed by atoms with Crippen molar-refractivity contribution in [2.45, 2.75) is 70.9 Å². The van der Waals surface area contributed by atoms with Crippen molar-refractivity contribution in [3.05, 3.63) is 11.7 Å². The Morgan fingerprint density at radius 3 is 2.50 bits per heavy atom. The van der Waals surface area contributed by atoms with Crippen molar-refractivity contribution in [3.63, 3.8) is 0 Å². The number of amides is 1. The van der Waals surface area contributed by atoms with Crippen LogP contribution in [-0.2, 0) is 4.79 Å². The van der Waals surface area contributed by atoms with Gasteiger partial charge in [0.15, 0.2) is 5.82 Å². The fourth-order valence-electron chi connectivity index (χ4n) is 2.60. The number of rotatable bonds is 5. The molecule has 6 nitrogen and oxygen atoms in total. The second-order valence-corrected chi connectivity index (χ2v) is 6.20. The molecule has 1 aliphatic carbocycles. The Balaban J connectivity index is 0.00000242. The Bertz CT molecular complexity index is 472. The highest BCUT2D eigenvalue weighted by Crippen LogP contribution is 2.31. The van der Waals surface area contributed by atoms with Crippen LogP contribution < -0.4 is 11.1 Å². The van der Waals surface area contributed by atoms with Crippen molar-refractivity contribution < 1.29 is 9.32 Å². The first kappa shape index (κ1) is 18.9. The van der Waals surface area contributed by atoms with Gasteiger partial charge in [-0.25, -0.2) is 0 Å². The van der Waals surface area contributed by atoms with Gasteiger partial charge in [-0.3, -0.25) is 4.79 Å². The number of aromatic nitrogens is 2. The molecule has 1 heterocycles. The third-order valence-electron chi connectivity index (χ3n) is 4.36. The van der Waals surface area contributed by atoms with E-state index in [0.29, 0.717) is 11.8 Å². The highest BCUT2D eigenvalue weighted by Gasteiger charge is 2.25. The minimum Gasteiger partial charge on any atom is -0.344 e. The second kappa shape index (κ2) is 8.48. The number of halogens is 1. The molecule has 3 N–H and O–H groups in total. The average molecular weight is 331 g/mol. The number of hydrogen-bond acceptors (Lipinski definition) is 5. The molecular weight excluding hydrogens is 304 g/mol. The molecule has 3 unspecified atom stereocenters. The molecule has 1 amide bonds. The Morgan fingerprint density at radius 2 is 1.91 bits per heavy atom. The minimum atomic E-state index is -0.288. The maximum atomic E-state index is 12.0. The molecule has 1 aromatic rings. The fraction of sp³-hybridized carbons (Fsp3) is 0.800. The van der Waals surface area contributed by atoms with E-state index < -0.39 is 0 Å². The number of nitrogens with zero attached hydrogens (tertiary/aromatic N) is 2. The summed E-state index contributed by atoms with van der Waals surface area (Å²) in [7, 11) is 0. The number of nitrogens with two attached hydrogens (primary N) is 1. The molecule has 2 rings (SSSR count). The maximum absolute atomic E-state index is 12.0. The molecule has 1 aromatic heterocycles. The van der Waals surface area contributed by atoms with Gasteiger partial charge in [0, 0.05) is 17.9 Å². The molecule has 0 aliphatic heterocycles. The first-order valence-corrected chi connectivity index (χ1v) is 7.88. The highest BCUT2D eigenvalue weighted by molar-refractivity contribution is 5.85. The van der Waals surface area contributed by atoms with Crippen LogP contribution in [0.25, 0.3) is 0 Å². The molecule has 0 radical (unpaired) electrons. The molecule has 1 saturated carbocycles. The average Bonchev–Trinajstić information content (AvgIpc) is 2.97. The molecule has 1 fully saturated rings. The molecule has 0 aromatic carbocycles. The lowest BCUT2D eigenvalue weighted by molar-refractivity contribution is -0.125. The third kappa shape index (κ3) is 4.68. The van der Waals surface area contributed by atoms with Crippen LogP contribution in [-0.4, -0.2) is 22.1 Å². The summed E-state index contributed by atoms with van der Waals surface area (Å²) in [6, 6.07) is -0.471. The van der Waals surface area contributed by atoms with Crippen LogP contribution in [0.1, 0.15) is 76.6 Å². The molecule has 1 aliphatic rings. The summed E-state index contributed by atoms with van der Waals surface area (Å²) in [5.41, 5.74) is 5.74. The van der Waals surface area contributed by atoms with Crippen molar-refractivity contribution in [3.8, 4) is 0 Å². The Hall–Kier alpha value is -1.14. The summed E-state index contributed by atoms with van der Waals surface area (Å²) in [4.78, 5) is 16.5. The summed E-state index contributed by atoms with van der Waals surface area (Å²) in [6.45, 7) is 5.49. The molecule has 22 heavy (non-hydrogen) atoms. The number of nitrogens with one attached hydrogen (secondary N) is 1. The van der Waals surface area contributed by atoms with E-state index in [0.717, 1.165) is 18.7 Å². The summed E-state index contributed by atoms with van der Waals surface area (Å²) < 4.78 is 5.31. The topological polar surface area (TPSA) is 94.0 Å². The smallest absolute Gasteiger partial charge is 0.248 e. The summed E-state index contributed by atoms with van der Waals surface area (Å²) in [5, 5.41) is 6.96. The van der Waals surface area contributed by atoms with Crippen LogP contribution >= 0.6 is 12.4 Å². The van der Waals surface area contributed by atoms with Crippen LogP contribution in [0, 0.1) is 5.92 Å². The third-order valence-corrected chi connectivity index (χ3v) is 4.36. The van der Waals surface area contributed by atoms with Gasteiger partial charge in [-0.05, 0) is 26.7 Å². The van der Waals surface area contributed by atoms with Gasteiger partial charge in [0.25, 0.3) is 0 Å². The van der Waals surface area contributed by atoms with E-state index in [9.17, 15) is 4.79 Å². The quantitative estimate of drug-likeness (QED) is 0.865. The number of carbonyl (C=O) groups excluding carboxylic acids is 1. The Labute approximate surface area is 138 Å². The standard InChI is InChI=1S/C15H26N4O2.ClH/c1-9(10(2)16)14(20)17-11(3)15-18-13(19-21-15)12-7-5-4-6-8-12;/h9-12H,4-8,16H2,1-3H3,(H,17,20);1H. The van der Waals surface area contributed by atoms with Gasteiger partial charge in [0.1, 0.15) is 6.04 Å². The normalized spacial score (nSPS) is 19.8. The van der Waals surface area contributed by atoms with Crippen molar-refractivity contribution in [2.75, 3.05) is 0 Å². The van der Waals surface area contributed by atoms with E-state index in [-0.39, 0.29) is 36.3 Å². The zero-order valence-corrected chi connectivity index (χ0v) is 14.4. The van der Waals surface area contributed by atoms with Crippen molar-refractivity contribution >= 4 is 18.3 Å². The highest BCUT2D eigenvalue weighted by atomic mass is 35.5.